The molecule has 1 saturated heterocycles. The number of ether oxygens (including phenoxy) is 7. The third-order valence-electron chi connectivity index (χ3n) is 7.26. The van der Waals surface area contributed by atoms with E-state index in [1.165, 1.54) is 18.2 Å². The highest BCUT2D eigenvalue weighted by Crippen LogP contribution is 2.37. The number of aromatic hydroxyl groups is 1. The summed E-state index contributed by atoms with van der Waals surface area (Å²) in [7, 11) is 0. The lowest BCUT2D eigenvalue weighted by molar-refractivity contribution is -0.288. The van der Waals surface area contributed by atoms with Gasteiger partial charge >= 0.3 is 29.5 Å². The van der Waals surface area contributed by atoms with Gasteiger partial charge < -0.3 is 42.7 Å². The van der Waals surface area contributed by atoms with E-state index in [1.54, 1.807) is 0 Å². The SMILES string of the molecule is CC(=O)OC[C@H]1O[C@@H](Oc2ccc3c(O)c(O[C@H]4CC[C@@H](C)CC4)c(=O)oc3c2)[C@H](OC(C)=O)[C@@H](OC(C)=O)[C@H]1OC(C)=O. The second kappa shape index (κ2) is 14.0. The van der Waals surface area contributed by atoms with Crippen LogP contribution in [0.5, 0.6) is 17.2 Å². The Morgan fingerprint density at radius 1 is 0.841 bits per heavy atom. The van der Waals surface area contributed by atoms with Crippen molar-refractivity contribution in [2.45, 2.75) is 97.1 Å². The van der Waals surface area contributed by atoms with Gasteiger partial charge in [-0.05, 0) is 43.7 Å². The molecule has 0 radical (unpaired) electrons. The van der Waals surface area contributed by atoms with Gasteiger partial charge in [-0.15, -0.1) is 0 Å². The van der Waals surface area contributed by atoms with Crippen molar-refractivity contribution in [1.82, 2.24) is 0 Å². The summed E-state index contributed by atoms with van der Waals surface area (Å²) in [6.45, 7) is 6.20. The zero-order valence-corrected chi connectivity index (χ0v) is 25.1. The molecule has 14 nitrogen and oxygen atoms in total. The summed E-state index contributed by atoms with van der Waals surface area (Å²) in [5, 5.41) is 11.1. The fourth-order valence-corrected chi connectivity index (χ4v) is 5.26. The van der Waals surface area contributed by atoms with Gasteiger partial charge in [-0.1, -0.05) is 6.92 Å². The van der Waals surface area contributed by atoms with Crippen LogP contribution in [-0.4, -0.2) is 72.4 Å². The normalized spacial score (nSPS) is 26.7. The van der Waals surface area contributed by atoms with Crippen LogP contribution in [-0.2, 0) is 42.9 Å². The number of fused-ring (bicyclic) bond motifs is 1. The molecule has 0 spiro atoms. The average Bonchev–Trinajstić information content (AvgIpc) is 2.93. The zero-order valence-electron chi connectivity index (χ0n) is 25.1. The Morgan fingerprint density at radius 2 is 1.45 bits per heavy atom. The van der Waals surface area contributed by atoms with Gasteiger partial charge in [0.2, 0.25) is 18.1 Å². The van der Waals surface area contributed by atoms with Crippen molar-refractivity contribution < 1.29 is 61.9 Å². The van der Waals surface area contributed by atoms with Gasteiger partial charge in [-0.3, -0.25) is 19.2 Å². The van der Waals surface area contributed by atoms with Crippen LogP contribution in [0.3, 0.4) is 0 Å². The van der Waals surface area contributed by atoms with Gasteiger partial charge in [0, 0.05) is 33.8 Å². The molecule has 2 heterocycles. The molecule has 4 rings (SSSR count). The number of benzene rings is 1. The van der Waals surface area contributed by atoms with Gasteiger partial charge in [0.25, 0.3) is 0 Å². The Kier molecular flexibility index (Phi) is 10.3. The van der Waals surface area contributed by atoms with Crippen molar-refractivity contribution in [2.75, 3.05) is 6.61 Å². The lowest BCUT2D eigenvalue weighted by atomic mass is 9.89. The minimum atomic E-state index is -1.50. The van der Waals surface area contributed by atoms with E-state index in [1.807, 2.05) is 0 Å². The molecule has 1 aliphatic carbocycles. The highest BCUT2D eigenvalue weighted by Gasteiger charge is 2.53. The molecule has 14 heteroatoms. The van der Waals surface area contributed by atoms with Gasteiger partial charge in [-0.25, -0.2) is 4.79 Å². The Hall–Kier alpha value is -4.33. The molecule has 1 N–H and O–H groups in total. The van der Waals surface area contributed by atoms with Crippen molar-refractivity contribution in [3.63, 3.8) is 0 Å². The van der Waals surface area contributed by atoms with Crippen LogP contribution in [0.4, 0.5) is 0 Å². The van der Waals surface area contributed by atoms with E-state index >= 15 is 0 Å². The molecule has 2 aliphatic rings. The van der Waals surface area contributed by atoms with E-state index in [-0.39, 0.29) is 34.3 Å². The lowest BCUT2D eigenvalue weighted by Crippen LogP contribution is -2.63. The molecule has 1 aromatic heterocycles. The van der Waals surface area contributed by atoms with E-state index in [4.69, 9.17) is 37.6 Å². The average molecular weight is 621 g/mol. The highest BCUT2D eigenvalue weighted by molar-refractivity contribution is 5.86. The van der Waals surface area contributed by atoms with Crippen molar-refractivity contribution >= 4 is 34.8 Å². The summed E-state index contributed by atoms with van der Waals surface area (Å²) in [6.07, 6.45) is -3.77. The third-order valence-corrected chi connectivity index (χ3v) is 7.26. The molecular formula is C30H36O14. The third kappa shape index (κ3) is 7.98. The van der Waals surface area contributed by atoms with Crippen LogP contribution in [0.2, 0.25) is 0 Å². The molecule has 44 heavy (non-hydrogen) atoms. The minimum absolute atomic E-state index is 0.0379. The fourth-order valence-electron chi connectivity index (χ4n) is 5.26. The van der Waals surface area contributed by atoms with Crippen LogP contribution < -0.4 is 15.1 Å². The Labute approximate surface area is 252 Å². The van der Waals surface area contributed by atoms with Gasteiger partial charge in [0.1, 0.15) is 24.0 Å². The number of hydrogen-bond acceptors (Lipinski definition) is 14. The van der Waals surface area contributed by atoms with Gasteiger partial charge in [0.05, 0.1) is 11.5 Å². The molecule has 1 saturated carbocycles. The zero-order chi connectivity index (χ0) is 32.1. The number of esters is 4. The standard InChI is InChI=1S/C30H36O14/c1-14-6-8-19(9-7-14)41-26-24(35)21-11-10-20(12-22(21)43-29(26)36)42-30-28(40-18(5)34)27(39-17(4)33)25(38-16(3)32)23(44-30)13-37-15(2)31/h10-12,14,19,23,25,27-28,30,35H,6-9,13H2,1-5H3/t14-,19+,23-,25+,27+,28-,30-/m1/s1. The van der Waals surface area contributed by atoms with E-state index < -0.39 is 66.8 Å². The number of hydrogen-bond donors (Lipinski definition) is 1. The Balaban J connectivity index is 1.66. The molecule has 1 aromatic carbocycles. The molecule has 2 fully saturated rings. The van der Waals surface area contributed by atoms with Crippen LogP contribution in [0, 0.1) is 5.92 Å². The first-order chi connectivity index (χ1) is 20.8. The molecule has 2 aromatic rings. The topological polar surface area (TPSA) is 183 Å². The summed E-state index contributed by atoms with van der Waals surface area (Å²) in [5.74, 6) is -3.06. The summed E-state index contributed by atoms with van der Waals surface area (Å²) in [4.78, 5) is 60.4. The minimum Gasteiger partial charge on any atom is -0.504 e. The largest absolute Gasteiger partial charge is 0.504 e. The van der Waals surface area contributed by atoms with Crippen LogP contribution >= 0.6 is 0 Å². The second-order valence-electron chi connectivity index (χ2n) is 10.9. The maximum absolute atomic E-state index is 12.8. The quantitative estimate of drug-likeness (QED) is 0.245. The van der Waals surface area contributed by atoms with E-state index in [9.17, 15) is 29.1 Å². The lowest BCUT2D eigenvalue weighted by Gasteiger charge is -2.43. The predicted octanol–water partition coefficient (Wildman–Crippen LogP) is 2.92. The number of carbonyl (C=O) groups is 4. The second-order valence-corrected chi connectivity index (χ2v) is 10.9. The summed E-state index contributed by atoms with van der Waals surface area (Å²) in [6, 6.07) is 4.17. The van der Waals surface area contributed by atoms with Crippen LogP contribution in [0.1, 0.15) is 60.3 Å². The maximum atomic E-state index is 12.8. The maximum Gasteiger partial charge on any atom is 0.383 e. The summed E-state index contributed by atoms with van der Waals surface area (Å²) in [5.41, 5.74) is -0.918. The molecule has 0 amide bonds. The first-order valence-corrected chi connectivity index (χ1v) is 14.3. The molecule has 5 atom stereocenters. The summed E-state index contributed by atoms with van der Waals surface area (Å²) < 4.78 is 44.4. The van der Waals surface area contributed by atoms with Crippen LogP contribution in [0.15, 0.2) is 27.4 Å². The van der Waals surface area contributed by atoms with E-state index in [0.29, 0.717) is 5.92 Å². The molecule has 0 unspecified atom stereocenters. The van der Waals surface area contributed by atoms with E-state index in [2.05, 4.69) is 6.92 Å². The van der Waals surface area contributed by atoms with Gasteiger partial charge in [-0.2, -0.15) is 0 Å². The Morgan fingerprint density at radius 3 is 2.07 bits per heavy atom. The fraction of sp³-hybridized carbons (Fsp3) is 0.567. The van der Waals surface area contributed by atoms with E-state index in [0.717, 1.165) is 53.4 Å². The molecule has 240 valence electrons. The monoisotopic (exact) mass is 620 g/mol. The van der Waals surface area contributed by atoms with Crippen molar-refractivity contribution in [1.29, 1.82) is 0 Å². The number of rotatable bonds is 9. The highest BCUT2D eigenvalue weighted by atomic mass is 16.7. The van der Waals surface area contributed by atoms with Crippen LogP contribution in [0.25, 0.3) is 11.0 Å². The molecule has 1 aliphatic heterocycles. The van der Waals surface area contributed by atoms with Crippen molar-refractivity contribution in [3.8, 4) is 17.2 Å². The van der Waals surface area contributed by atoms with Crippen molar-refractivity contribution in [2.24, 2.45) is 5.92 Å². The molecular weight excluding hydrogens is 584 g/mol. The Bertz CT molecular complexity index is 1440. The smallest absolute Gasteiger partial charge is 0.383 e. The first kappa shape index (κ1) is 32.6. The first-order valence-electron chi connectivity index (χ1n) is 14.3. The summed E-state index contributed by atoms with van der Waals surface area (Å²) >= 11 is 0. The van der Waals surface area contributed by atoms with Gasteiger partial charge in [0.15, 0.2) is 18.0 Å². The van der Waals surface area contributed by atoms with Crippen molar-refractivity contribution in [3.05, 3.63) is 28.6 Å². The molecule has 0 bridgehead atoms. The number of carbonyl (C=O) groups excluding carboxylic acids is 4. The predicted molar refractivity (Wildman–Crippen MR) is 149 cm³/mol.